The minimum absolute atomic E-state index is 0.800. The summed E-state index contributed by atoms with van der Waals surface area (Å²) in [5.74, 6) is 0.800. The molecule has 0 aromatic heterocycles. The summed E-state index contributed by atoms with van der Waals surface area (Å²) in [5.41, 5.74) is 0. The first-order valence-electron chi connectivity index (χ1n) is 5.66. The fourth-order valence-electron chi connectivity index (χ4n) is 1.72. The molecular weight excluding hydrogens is 207 g/mol. The summed E-state index contributed by atoms with van der Waals surface area (Å²) in [6, 6.07) is 9.63. The van der Waals surface area contributed by atoms with E-state index in [-0.39, 0.29) is 0 Å². The molecule has 1 rings (SSSR count). The van der Waals surface area contributed by atoms with Crippen LogP contribution in [-0.4, -0.2) is 17.2 Å². The van der Waals surface area contributed by atoms with Crippen molar-refractivity contribution in [3.63, 3.8) is 0 Å². The third-order valence-corrected chi connectivity index (χ3v) is 5.51. The minimum atomic E-state index is -2.49. The molecule has 1 aromatic rings. The first-order chi connectivity index (χ1) is 7.20. The molecule has 0 saturated heterocycles. The van der Waals surface area contributed by atoms with E-state index in [2.05, 4.69) is 13.8 Å². The van der Waals surface area contributed by atoms with Gasteiger partial charge in [-0.15, -0.1) is 0 Å². The summed E-state index contributed by atoms with van der Waals surface area (Å²) < 4.78 is 5.78. The summed E-state index contributed by atoms with van der Waals surface area (Å²) >= 11 is 0. The Bertz CT molecular complexity index is 268. The molecule has 0 aliphatic heterocycles. The van der Waals surface area contributed by atoms with Crippen molar-refractivity contribution < 1.29 is 9.42 Å². The third kappa shape index (κ3) is 4.19. The van der Waals surface area contributed by atoms with Crippen LogP contribution in [0, 0.1) is 0 Å². The van der Waals surface area contributed by atoms with Gasteiger partial charge in [0.2, 0.25) is 0 Å². The first kappa shape index (κ1) is 12.5. The molecule has 0 atom stereocenters. The summed E-state index contributed by atoms with van der Waals surface area (Å²) in [7, 11) is -2.49. The molecule has 0 spiro atoms. The van der Waals surface area contributed by atoms with Gasteiger partial charge in [-0.05, 0) is 0 Å². The van der Waals surface area contributed by atoms with Gasteiger partial charge < -0.3 is 0 Å². The molecule has 0 radical (unpaired) electrons. The molecule has 0 aliphatic rings. The van der Waals surface area contributed by atoms with Crippen molar-refractivity contribution in [2.45, 2.75) is 26.7 Å². The Kier molecular flexibility index (Phi) is 5.07. The summed E-state index contributed by atoms with van der Waals surface area (Å²) in [6.07, 6.45) is 3.59. The summed E-state index contributed by atoms with van der Waals surface area (Å²) in [5, 5.41) is 0. The van der Waals surface area contributed by atoms with Crippen LogP contribution < -0.4 is 4.52 Å². The monoisotopic (exact) mass is 228 g/mol. The zero-order chi connectivity index (χ0) is 11.1. The van der Waals surface area contributed by atoms with Crippen LogP contribution in [0.2, 0.25) is 0 Å². The van der Waals surface area contributed by atoms with E-state index in [1.54, 1.807) is 0 Å². The van der Waals surface area contributed by atoms with Gasteiger partial charge in [-0.2, -0.15) is 0 Å². The summed E-state index contributed by atoms with van der Waals surface area (Å²) in [4.78, 5) is 10.4. The standard InChI is InChI=1S/C12H21O2P/c1-3-10-15(13,11-4-2)14-12-8-6-5-7-9-12/h5-9,13,15H,3-4,10-11H2,1-2H3. The Morgan fingerprint density at radius 3 is 2.07 bits per heavy atom. The van der Waals surface area contributed by atoms with Gasteiger partial charge in [0, 0.05) is 0 Å². The van der Waals surface area contributed by atoms with Crippen LogP contribution in [0.3, 0.4) is 0 Å². The molecule has 0 fully saturated rings. The van der Waals surface area contributed by atoms with Crippen molar-refractivity contribution in [2.24, 2.45) is 0 Å². The van der Waals surface area contributed by atoms with E-state index >= 15 is 0 Å². The molecule has 0 aliphatic carbocycles. The Balaban J connectivity index is 2.66. The molecule has 3 heteroatoms. The number of rotatable bonds is 6. The SMILES string of the molecule is CCC[PH](O)(CCC)Oc1ccccc1. The molecule has 2 nitrogen and oxygen atoms in total. The predicted molar refractivity (Wildman–Crippen MR) is 67.9 cm³/mol. The van der Waals surface area contributed by atoms with Gasteiger partial charge in [0.05, 0.1) is 0 Å². The van der Waals surface area contributed by atoms with Crippen LogP contribution >= 0.6 is 7.72 Å². The molecule has 1 aromatic carbocycles. The van der Waals surface area contributed by atoms with Gasteiger partial charge in [0.1, 0.15) is 0 Å². The van der Waals surface area contributed by atoms with Gasteiger partial charge in [-0.1, -0.05) is 0 Å². The second-order valence-electron chi connectivity index (χ2n) is 3.86. The van der Waals surface area contributed by atoms with Crippen molar-refractivity contribution in [1.82, 2.24) is 0 Å². The van der Waals surface area contributed by atoms with E-state index in [9.17, 15) is 4.89 Å². The Morgan fingerprint density at radius 1 is 1.07 bits per heavy atom. The Hall–Kier alpha value is -0.590. The van der Waals surface area contributed by atoms with Crippen molar-refractivity contribution in [2.75, 3.05) is 12.3 Å². The zero-order valence-electron chi connectivity index (χ0n) is 9.57. The zero-order valence-corrected chi connectivity index (χ0v) is 10.6. The van der Waals surface area contributed by atoms with E-state index in [4.69, 9.17) is 4.52 Å². The number of para-hydroxylation sites is 1. The van der Waals surface area contributed by atoms with Crippen LogP contribution in [0.5, 0.6) is 5.75 Å². The van der Waals surface area contributed by atoms with Crippen molar-refractivity contribution in [3.05, 3.63) is 30.3 Å². The molecule has 0 unspecified atom stereocenters. The second-order valence-corrected chi connectivity index (χ2v) is 6.96. The van der Waals surface area contributed by atoms with E-state index in [0.29, 0.717) is 0 Å². The third-order valence-electron chi connectivity index (χ3n) is 2.33. The first-order valence-corrected chi connectivity index (χ1v) is 7.93. The maximum atomic E-state index is 10.4. The van der Waals surface area contributed by atoms with Crippen LogP contribution in [0.4, 0.5) is 0 Å². The van der Waals surface area contributed by atoms with E-state index in [1.807, 2.05) is 30.3 Å². The number of hydrogen-bond donors (Lipinski definition) is 1. The second kappa shape index (κ2) is 6.09. The molecule has 15 heavy (non-hydrogen) atoms. The molecule has 0 bridgehead atoms. The molecular formula is C12H21O2P. The molecule has 0 heterocycles. The Labute approximate surface area is 92.8 Å². The Morgan fingerprint density at radius 2 is 1.60 bits per heavy atom. The fraction of sp³-hybridized carbons (Fsp3) is 0.500. The van der Waals surface area contributed by atoms with Crippen LogP contribution in [-0.2, 0) is 0 Å². The average Bonchev–Trinajstić information content (AvgIpc) is 2.19. The van der Waals surface area contributed by atoms with Crippen LogP contribution in [0.15, 0.2) is 30.3 Å². The van der Waals surface area contributed by atoms with Crippen molar-refractivity contribution >= 4 is 7.72 Å². The van der Waals surface area contributed by atoms with E-state index < -0.39 is 7.72 Å². The van der Waals surface area contributed by atoms with Gasteiger partial charge in [0.15, 0.2) is 0 Å². The normalized spacial score (nSPS) is 12.5. The van der Waals surface area contributed by atoms with Gasteiger partial charge in [0.25, 0.3) is 0 Å². The fourth-order valence-corrected chi connectivity index (χ4v) is 4.31. The van der Waals surface area contributed by atoms with E-state index in [1.165, 1.54) is 0 Å². The molecule has 1 N–H and O–H groups in total. The topological polar surface area (TPSA) is 29.5 Å². The van der Waals surface area contributed by atoms with Crippen molar-refractivity contribution in [1.29, 1.82) is 0 Å². The van der Waals surface area contributed by atoms with Crippen LogP contribution in [0.1, 0.15) is 26.7 Å². The van der Waals surface area contributed by atoms with E-state index in [0.717, 1.165) is 30.9 Å². The quantitative estimate of drug-likeness (QED) is 0.755. The molecule has 0 amide bonds. The molecule has 86 valence electrons. The average molecular weight is 228 g/mol. The molecule has 0 saturated carbocycles. The number of benzene rings is 1. The number of hydrogen-bond acceptors (Lipinski definition) is 2. The van der Waals surface area contributed by atoms with Gasteiger partial charge in [-0.25, -0.2) is 0 Å². The van der Waals surface area contributed by atoms with Gasteiger partial charge in [-0.3, -0.25) is 0 Å². The van der Waals surface area contributed by atoms with Crippen molar-refractivity contribution in [3.8, 4) is 5.75 Å². The maximum absolute atomic E-state index is 10.4. The van der Waals surface area contributed by atoms with Crippen LogP contribution in [0.25, 0.3) is 0 Å². The van der Waals surface area contributed by atoms with Gasteiger partial charge >= 0.3 is 92.2 Å². The predicted octanol–water partition coefficient (Wildman–Crippen LogP) is 3.46. The summed E-state index contributed by atoms with van der Waals surface area (Å²) in [6.45, 7) is 4.17.